The molecule has 0 N–H and O–H groups in total. The van der Waals surface area contributed by atoms with Gasteiger partial charge in [-0.25, -0.2) is 0 Å². The molecule has 0 aromatic carbocycles. The van der Waals surface area contributed by atoms with E-state index in [0.29, 0.717) is 0 Å². The molecule has 25 heavy (non-hydrogen) atoms. The highest BCUT2D eigenvalue weighted by Crippen LogP contribution is 2.24. The normalized spacial score (nSPS) is 11.4. The second kappa shape index (κ2) is 26.8. The number of allylic oxidation sites excluding steroid dienone is 12. The van der Waals surface area contributed by atoms with Gasteiger partial charge in [0, 0.05) is 0 Å². The Bertz CT molecular complexity index is 462. The average Bonchev–Trinajstić information content (AvgIpc) is 2.70. The highest BCUT2D eigenvalue weighted by Gasteiger charge is 2.05. The summed E-state index contributed by atoms with van der Waals surface area (Å²) in [5.41, 5.74) is 4.69. The molecule has 0 rings (SSSR count). The molecule has 0 aliphatic carbocycles. The third kappa shape index (κ3) is 15.2. The molecule has 0 fully saturated rings. The van der Waals surface area contributed by atoms with Gasteiger partial charge in [-0.05, 0) is 35.6 Å². The second-order valence-electron chi connectivity index (χ2n) is 3.97. The summed E-state index contributed by atoms with van der Waals surface area (Å²) < 4.78 is 0. The summed E-state index contributed by atoms with van der Waals surface area (Å²) in [7, 11) is 0. The fraction of sp³-hybridized carbons (Fsp3) is 0.360. The van der Waals surface area contributed by atoms with Crippen molar-refractivity contribution in [2.45, 2.75) is 61.8 Å². The van der Waals surface area contributed by atoms with Crippen molar-refractivity contribution >= 4 is 0 Å². The lowest BCUT2D eigenvalue weighted by molar-refractivity contribution is 1.08. The van der Waals surface area contributed by atoms with Gasteiger partial charge in [-0.3, -0.25) is 0 Å². The summed E-state index contributed by atoms with van der Waals surface area (Å²) in [6, 6.07) is 0. The third-order valence-corrected chi connectivity index (χ3v) is 2.85. The molecule has 0 aromatic heterocycles. The van der Waals surface area contributed by atoms with Crippen LogP contribution in [-0.4, -0.2) is 0 Å². The molecule has 0 atom stereocenters. The van der Waals surface area contributed by atoms with Crippen molar-refractivity contribution in [3.63, 3.8) is 0 Å². The monoisotopic (exact) mass is 342 g/mol. The van der Waals surface area contributed by atoms with Crippen molar-refractivity contribution in [2.24, 2.45) is 0 Å². The third-order valence-electron chi connectivity index (χ3n) is 2.85. The zero-order chi connectivity index (χ0) is 20.7. The van der Waals surface area contributed by atoms with Gasteiger partial charge in [0.25, 0.3) is 0 Å². The molecule has 0 aromatic rings. The van der Waals surface area contributed by atoms with Gasteiger partial charge in [-0.2, -0.15) is 0 Å². The summed E-state index contributed by atoms with van der Waals surface area (Å²) in [5, 5.41) is 0. The zero-order valence-electron chi connectivity index (χ0n) is 18.2. The van der Waals surface area contributed by atoms with Crippen LogP contribution in [0.5, 0.6) is 0 Å². The number of hydrogen-bond donors (Lipinski definition) is 0. The van der Waals surface area contributed by atoms with Gasteiger partial charge in [0.2, 0.25) is 0 Å². The molecular formula is C25H42. The van der Waals surface area contributed by atoms with Crippen LogP contribution in [0.3, 0.4) is 0 Å². The topological polar surface area (TPSA) is 0 Å². The minimum atomic E-state index is 0.938. The Morgan fingerprint density at radius 1 is 0.680 bits per heavy atom. The van der Waals surface area contributed by atoms with Crippen LogP contribution >= 0.6 is 0 Å². The van der Waals surface area contributed by atoms with Gasteiger partial charge in [0.15, 0.2) is 0 Å². The first-order chi connectivity index (χ1) is 12.2. The molecule has 0 nitrogen and oxygen atoms in total. The van der Waals surface area contributed by atoms with E-state index in [0.717, 1.165) is 17.6 Å². The highest BCUT2D eigenvalue weighted by atomic mass is 14.1. The molecule has 0 amide bonds. The van der Waals surface area contributed by atoms with Gasteiger partial charge in [-0.1, -0.05) is 123 Å². The van der Waals surface area contributed by atoms with E-state index < -0.39 is 0 Å². The van der Waals surface area contributed by atoms with Crippen LogP contribution in [0.4, 0.5) is 0 Å². The van der Waals surface area contributed by atoms with Crippen molar-refractivity contribution in [3.8, 4) is 0 Å². The van der Waals surface area contributed by atoms with Gasteiger partial charge in [0.1, 0.15) is 0 Å². The quantitative estimate of drug-likeness (QED) is 0.386. The van der Waals surface area contributed by atoms with E-state index in [-0.39, 0.29) is 0 Å². The number of hydrogen-bond acceptors (Lipinski definition) is 0. The van der Waals surface area contributed by atoms with Crippen LogP contribution in [0.2, 0.25) is 0 Å². The second-order valence-corrected chi connectivity index (χ2v) is 3.97. The highest BCUT2D eigenvalue weighted by molar-refractivity contribution is 5.51. The maximum atomic E-state index is 3.89. The van der Waals surface area contributed by atoms with Gasteiger partial charge >= 0.3 is 0 Å². The summed E-state index contributed by atoms with van der Waals surface area (Å²) in [4.78, 5) is 0. The summed E-state index contributed by atoms with van der Waals surface area (Å²) in [6.45, 7) is 31.4. The smallest absolute Gasteiger partial charge is 0.0228 e. The Labute approximate surface area is 159 Å². The summed E-state index contributed by atoms with van der Waals surface area (Å²) in [6.07, 6.45) is 16.1. The Morgan fingerprint density at radius 2 is 1.04 bits per heavy atom. The molecule has 0 saturated heterocycles. The first-order valence-corrected chi connectivity index (χ1v) is 9.43. The molecule has 0 heterocycles. The fourth-order valence-corrected chi connectivity index (χ4v) is 1.84. The van der Waals surface area contributed by atoms with Crippen LogP contribution in [-0.2, 0) is 0 Å². The van der Waals surface area contributed by atoms with Crippen molar-refractivity contribution in [1.82, 2.24) is 0 Å². The molecule has 0 spiro atoms. The minimum absolute atomic E-state index is 0.938. The molecule has 0 heteroatoms. The Morgan fingerprint density at radius 3 is 1.32 bits per heavy atom. The van der Waals surface area contributed by atoms with Crippen molar-refractivity contribution in [2.75, 3.05) is 0 Å². The summed E-state index contributed by atoms with van der Waals surface area (Å²) in [5.74, 6) is 0. The van der Waals surface area contributed by atoms with Gasteiger partial charge in [-0.15, -0.1) is 0 Å². The largest absolute Gasteiger partial charge is 0.0991 e. The maximum absolute atomic E-state index is 3.89. The predicted octanol–water partition coefficient (Wildman–Crippen LogP) is 8.94. The molecular weight excluding hydrogens is 300 g/mol. The Kier molecular flexibility index (Phi) is 33.0. The van der Waals surface area contributed by atoms with E-state index >= 15 is 0 Å². The van der Waals surface area contributed by atoms with E-state index in [1.54, 1.807) is 12.2 Å². The van der Waals surface area contributed by atoms with E-state index in [9.17, 15) is 0 Å². The van der Waals surface area contributed by atoms with E-state index in [1.165, 1.54) is 11.1 Å². The first-order valence-electron chi connectivity index (χ1n) is 9.43. The van der Waals surface area contributed by atoms with Crippen LogP contribution < -0.4 is 0 Å². The van der Waals surface area contributed by atoms with E-state index in [4.69, 9.17) is 0 Å². The standard InChI is InChI=1S/C19H24.3C2H6/c1-7-12-14-17(9-3)16(6)19(11-5)18(10-4)15-13-8-2;3*1-2/h7-10,12-15H,1-4,11H2,5-6H3;3*1-2H3/b14-12-,15-13-,17-16+,19-18+;;;. The summed E-state index contributed by atoms with van der Waals surface area (Å²) >= 11 is 0. The van der Waals surface area contributed by atoms with Crippen LogP contribution in [0.15, 0.2) is 97.2 Å². The lowest BCUT2D eigenvalue weighted by atomic mass is 9.94. The molecule has 0 saturated carbocycles. The predicted molar refractivity (Wildman–Crippen MR) is 123 cm³/mol. The fourth-order valence-electron chi connectivity index (χ4n) is 1.84. The van der Waals surface area contributed by atoms with Crippen LogP contribution in [0.25, 0.3) is 0 Å². The Hall–Kier alpha value is -2.08. The first kappa shape index (κ1) is 30.8. The average molecular weight is 343 g/mol. The zero-order valence-corrected chi connectivity index (χ0v) is 18.2. The number of rotatable bonds is 8. The van der Waals surface area contributed by atoms with Crippen LogP contribution in [0, 0.1) is 0 Å². The van der Waals surface area contributed by atoms with Crippen molar-refractivity contribution < 1.29 is 0 Å². The van der Waals surface area contributed by atoms with Crippen molar-refractivity contribution in [1.29, 1.82) is 0 Å². The van der Waals surface area contributed by atoms with Crippen LogP contribution in [0.1, 0.15) is 61.8 Å². The van der Waals surface area contributed by atoms with E-state index in [1.807, 2.05) is 78.0 Å². The van der Waals surface area contributed by atoms with Gasteiger partial charge in [0.05, 0.1) is 0 Å². The molecule has 0 aliphatic heterocycles. The molecule has 0 bridgehead atoms. The van der Waals surface area contributed by atoms with Gasteiger partial charge < -0.3 is 0 Å². The lowest BCUT2D eigenvalue weighted by Gasteiger charge is -2.11. The van der Waals surface area contributed by atoms with E-state index in [2.05, 4.69) is 40.2 Å². The lowest BCUT2D eigenvalue weighted by Crippen LogP contribution is -1.92. The van der Waals surface area contributed by atoms with Crippen molar-refractivity contribution in [3.05, 3.63) is 97.2 Å². The SMILES string of the molecule is C=C\C=C/C(C=C)=C(C)/C(CC)=C(C=C)/C=C\C=C.CC.CC.CC. The molecule has 142 valence electrons. The molecule has 0 radical (unpaired) electrons. The molecule has 0 aliphatic rings. The molecule has 0 unspecified atom stereocenters. The maximum Gasteiger partial charge on any atom is -0.0228 e. The minimum Gasteiger partial charge on any atom is -0.0991 e. The Balaban J connectivity index is -0.000000329.